The van der Waals surface area contributed by atoms with Gasteiger partial charge in [0.15, 0.2) is 11.5 Å². The molecule has 3 heterocycles. The molecule has 2 aliphatic heterocycles. The topological polar surface area (TPSA) is 129 Å². The van der Waals surface area contributed by atoms with Crippen molar-refractivity contribution in [3.05, 3.63) is 52.1 Å². The molecule has 0 unspecified atom stereocenters. The van der Waals surface area contributed by atoms with Gasteiger partial charge in [-0.05, 0) is 43.5 Å². The molecule has 3 aromatic rings. The third-order valence-electron chi connectivity index (χ3n) is 6.17. The summed E-state index contributed by atoms with van der Waals surface area (Å²) in [7, 11) is 0. The molecule has 0 amide bonds. The van der Waals surface area contributed by atoms with E-state index < -0.39 is 4.92 Å². The van der Waals surface area contributed by atoms with Crippen LogP contribution in [0.3, 0.4) is 0 Å². The van der Waals surface area contributed by atoms with Crippen LogP contribution in [0, 0.1) is 16.0 Å². The van der Waals surface area contributed by atoms with Gasteiger partial charge in [0.2, 0.25) is 12.7 Å². The molecule has 1 saturated heterocycles. The van der Waals surface area contributed by atoms with Crippen molar-refractivity contribution in [2.45, 2.75) is 26.3 Å². The Morgan fingerprint density at radius 1 is 1.17 bits per heavy atom. The molecule has 0 spiro atoms. The van der Waals surface area contributed by atoms with Crippen molar-refractivity contribution in [2.24, 2.45) is 5.92 Å². The van der Waals surface area contributed by atoms with Crippen molar-refractivity contribution < 1.29 is 23.9 Å². The lowest BCUT2D eigenvalue weighted by Crippen LogP contribution is -2.38. The molecule has 0 aliphatic carbocycles. The number of esters is 1. The van der Waals surface area contributed by atoms with Gasteiger partial charge in [-0.25, -0.2) is 4.98 Å². The van der Waals surface area contributed by atoms with E-state index in [-0.39, 0.29) is 24.4 Å². The normalized spacial score (nSPS) is 15.3. The first-order chi connectivity index (χ1) is 17.0. The maximum absolute atomic E-state index is 12.1. The fourth-order valence-corrected chi connectivity index (χ4v) is 4.31. The Hall–Kier alpha value is -4.15. The molecule has 0 radical (unpaired) electrons. The molecule has 182 valence electrons. The Morgan fingerprint density at radius 2 is 1.97 bits per heavy atom. The molecule has 1 N–H and O–H groups in total. The molecule has 1 fully saturated rings. The molecular weight excluding hydrogens is 454 g/mol. The first-order valence-corrected chi connectivity index (χ1v) is 11.5. The first kappa shape index (κ1) is 22.6. The predicted molar refractivity (Wildman–Crippen MR) is 128 cm³/mol. The number of fused-ring (bicyclic) bond motifs is 2. The van der Waals surface area contributed by atoms with Crippen LogP contribution < -0.4 is 19.7 Å². The van der Waals surface area contributed by atoms with Crippen molar-refractivity contribution in [3.8, 4) is 11.5 Å². The van der Waals surface area contributed by atoms with Gasteiger partial charge in [0.25, 0.3) is 5.69 Å². The molecule has 2 aliphatic rings. The standard InChI is InChI=1S/C24H25N5O6/c1-2-33-23(30)16-7-9-28(10-8-16)24-26-19-5-4-17(29(31)32)12-18(19)22(27-24)25-13-15-3-6-20-21(11-15)35-14-34-20/h3-6,11-12,16H,2,7-10,13-14H2,1H3,(H,25,26,27). The van der Waals surface area contributed by atoms with Crippen molar-refractivity contribution in [1.29, 1.82) is 0 Å². The minimum absolute atomic E-state index is 0.0322. The number of nitrogens with one attached hydrogen (secondary N) is 1. The van der Waals surface area contributed by atoms with Gasteiger partial charge in [-0.3, -0.25) is 14.9 Å². The smallest absolute Gasteiger partial charge is 0.309 e. The maximum Gasteiger partial charge on any atom is 0.309 e. The van der Waals surface area contributed by atoms with Gasteiger partial charge in [-0.15, -0.1) is 0 Å². The number of nitro groups is 1. The molecule has 0 bridgehead atoms. The number of rotatable bonds is 7. The number of hydrogen-bond acceptors (Lipinski definition) is 10. The summed E-state index contributed by atoms with van der Waals surface area (Å²) in [5, 5.41) is 15.2. The van der Waals surface area contributed by atoms with E-state index >= 15 is 0 Å². The number of carbonyl (C=O) groups excluding carboxylic acids is 1. The second kappa shape index (κ2) is 9.61. The van der Waals surface area contributed by atoms with E-state index in [0.29, 0.717) is 73.3 Å². The Morgan fingerprint density at radius 3 is 2.74 bits per heavy atom. The van der Waals surface area contributed by atoms with E-state index in [0.717, 1.165) is 5.56 Å². The summed E-state index contributed by atoms with van der Waals surface area (Å²) in [6.45, 7) is 4.03. The fourth-order valence-electron chi connectivity index (χ4n) is 4.31. The summed E-state index contributed by atoms with van der Waals surface area (Å²) in [5.74, 6) is 2.10. The van der Waals surface area contributed by atoms with Crippen LogP contribution in [0.4, 0.5) is 17.5 Å². The Labute approximate surface area is 201 Å². The molecule has 11 nitrogen and oxygen atoms in total. The molecule has 0 atom stereocenters. The SMILES string of the molecule is CCOC(=O)C1CCN(c2nc(NCc3ccc4c(c3)OCO4)c3cc([N+](=O)[O-])ccc3n2)CC1. The van der Waals surface area contributed by atoms with Gasteiger partial charge in [0.1, 0.15) is 5.82 Å². The molecule has 2 aromatic carbocycles. The monoisotopic (exact) mass is 479 g/mol. The number of non-ortho nitro benzene ring substituents is 1. The van der Waals surface area contributed by atoms with Crippen LogP contribution in [0.25, 0.3) is 10.9 Å². The van der Waals surface area contributed by atoms with Gasteiger partial charge in [-0.2, -0.15) is 4.98 Å². The number of anilines is 2. The third-order valence-corrected chi connectivity index (χ3v) is 6.17. The van der Waals surface area contributed by atoms with E-state index in [1.54, 1.807) is 13.0 Å². The zero-order chi connectivity index (χ0) is 24.4. The Balaban J connectivity index is 1.41. The van der Waals surface area contributed by atoms with Crippen molar-refractivity contribution in [1.82, 2.24) is 9.97 Å². The number of piperidine rings is 1. The predicted octanol–water partition coefficient (Wildman–Crippen LogP) is 3.66. The molecule has 0 saturated carbocycles. The highest BCUT2D eigenvalue weighted by atomic mass is 16.7. The second-order valence-corrected chi connectivity index (χ2v) is 8.39. The van der Waals surface area contributed by atoms with Gasteiger partial charge in [-0.1, -0.05) is 6.07 Å². The van der Waals surface area contributed by atoms with Crippen LogP contribution in [0.15, 0.2) is 36.4 Å². The largest absolute Gasteiger partial charge is 0.466 e. The number of hydrogen-bond donors (Lipinski definition) is 1. The van der Waals surface area contributed by atoms with Gasteiger partial charge in [0, 0.05) is 37.2 Å². The second-order valence-electron chi connectivity index (χ2n) is 8.39. The number of nitrogens with zero attached hydrogens (tertiary/aromatic N) is 4. The molecular formula is C24H25N5O6. The van der Waals surface area contributed by atoms with Gasteiger partial charge in [0.05, 0.1) is 23.0 Å². The molecule has 35 heavy (non-hydrogen) atoms. The van der Waals surface area contributed by atoms with Crippen LogP contribution in [0.5, 0.6) is 11.5 Å². The van der Waals surface area contributed by atoms with E-state index in [2.05, 4.69) is 10.3 Å². The quantitative estimate of drug-likeness (QED) is 0.304. The summed E-state index contributed by atoms with van der Waals surface area (Å²) in [4.78, 5) is 34.4. The summed E-state index contributed by atoms with van der Waals surface area (Å²) >= 11 is 0. The van der Waals surface area contributed by atoms with Crippen LogP contribution in [-0.2, 0) is 16.1 Å². The number of benzene rings is 2. The fraction of sp³-hybridized carbons (Fsp3) is 0.375. The average Bonchev–Trinajstić information content (AvgIpc) is 3.35. The highest BCUT2D eigenvalue weighted by molar-refractivity contribution is 5.92. The first-order valence-electron chi connectivity index (χ1n) is 11.5. The van der Waals surface area contributed by atoms with Crippen LogP contribution in [-0.4, -0.2) is 47.3 Å². The average molecular weight is 479 g/mol. The third kappa shape index (κ3) is 4.75. The number of nitro benzene ring substituents is 1. The number of aromatic nitrogens is 2. The summed E-state index contributed by atoms with van der Waals surface area (Å²) in [6, 6.07) is 10.2. The zero-order valence-electron chi connectivity index (χ0n) is 19.2. The zero-order valence-corrected chi connectivity index (χ0v) is 19.2. The lowest BCUT2D eigenvalue weighted by atomic mass is 9.97. The summed E-state index contributed by atoms with van der Waals surface area (Å²) < 4.78 is 16.0. The van der Waals surface area contributed by atoms with Crippen molar-refractivity contribution in [2.75, 3.05) is 36.7 Å². The summed E-state index contributed by atoms with van der Waals surface area (Å²) in [6.07, 6.45) is 1.31. The van der Waals surface area contributed by atoms with Gasteiger partial charge < -0.3 is 24.4 Å². The van der Waals surface area contributed by atoms with E-state index in [9.17, 15) is 14.9 Å². The molecule has 5 rings (SSSR count). The van der Waals surface area contributed by atoms with Crippen LogP contribution in [0.1, 0.15) is 25.3 Å². The van der Waals surface area contributed by atoms with E-state index in [4.69, 9.17) is 19.2 Å². The highest BCUT2D eigenvalue weighted by Crippen LogP contribution is 2.33. The minimum Gasteiger partial charge on any atom is -0.466 e. The van der Waals surface area contributed by atoms with Crippen LogP contribution in [0.2, 0.25) is 0 Å². The highest BCUT2D eigenvalue weighted by Gasteiger charge is 2.28. The Kier molecular flexibility index (Phi) is 6.21. The minimum atomic E-state index is -0.435. The van der Waals surface area contributed by atoms with Gasteiger partial charge >= 0.3 is 5.97 Å². The number of ether oxygens (including phenoxy) is 3. The van der Waals surface area contributed by atoms with E-state index in [1.165, 1.54) is 12.1 Å². The Bertz CT molecular complexity index is 1270. The van der Waals surface area contributed by atoms with Crippen molar-refractivity contribution in [3.63, 3.8) is 0 Å². The summed E-state index contributed by atoms with van der Waals surface area (Å²) in [5.41, 5.74) is 1.51. The van der Waals surface area contributed by atoms with Crippen molar-refractivity contribution >= 4 is 34.3 Å². The maximum atomic E-state index is 12.1. The number of carbonyl (C=O) groups is 1. The van der Waals surface area contributed by atoms with Crippen LogP contribution >= 0.6 is 0 Å². The lowest BCUT2D eigenvalue weighted by molar-refractivity contribution is -0.384. The molecule has 1 aromatic heterocycles. The lowest BCUT2D eigenvalue weighted by Gasteiger charge is -2.31. The van der Waals surface area contributed by atoms with E-state index in [1.807, 2.05) is 23.1 Å². The molecule has 11 heteroatoms.